The van der Waals surface area contributed by atoms with Crippen LogP contribution in [-0.2, 0) is 6.42 Å². The fraction of sp³-hybridized carbons (Fsp3) is 0.538. The van der Waals surface area contributed by atoms with Gasteiger partial charge in [0.25, 0.3) is 0 Å². The van der Waals surface area contributed by atoms with Crippen molar-refractivity contribution in [1.82, 2.24) is 9.97 Å². The molecule has 2 aromatic rings. The first kappa shape index (κ1) is 15.0. The maximum atomic E-state index is 9.26. The summed E-state index contributed by atoms with van der Waals surface area (Å²) >= 11 is 1.66. The number of anilines is 2. The van der Waals surface area contributed by atoms with E-state index in [1.54, 1.807) is 18.3 Å². The molecule has 1 unspecified atom stereocenters. The van der Waals surface area contributed by atoms with Crippen LogP contribution in [0.3, 0.4) is 0 Å². The topological polar surface area (TPSA) is 96.1 Å². The molecule has 0 amide bonds. The Balaban J connectivity index is 2.18. The van der Waals surface area contributed by atoms with Gasteiger partial charge in [-0.1, -0.05) is 6.92 Å². The second kappa shape index (κ2) is 6.83. The number of nitrogen functional groups attached to an aromatic ring is 1. The SMILES string of the molecule is CCc1cc2c(NCCCC(C)O)nc(NN)nc2s1. The van der Waals surface area contributed by atoms with Crippen LogP contribution < -0.4 is 16.6 Å². The Morgan fingerprint density at radius 3 is 2.90 bits per heavy atom. The van der Waals surface area contributed by atoms with Crippen LogP contribution in [0.4, 0.5) is 11.8 Å². The number of hydrogen-bond donors (Lipinski definition) is 4. The second-order valence-electron chi connectivity index (χ2n) is 4.74. The summed E-state index contributed by atoms with van der Waals surface area (Å²) in [7, 11) is 0. The van der Waals surface area contributed by atoms with Gasteiger partial charge in [0.05, 0.1) is 11.5 Å². The van der Waals surface area contributed by atoms with Crippen molar-refractivity contribution in [1.29, 1.82) is 0 Å². The largest absolute Gasteiger partial charge is 0.393 e. The van der Waals surface area contributed by atoms with Gasteiger partial charge in [-0.2, -0.15) is 4.98 Å². The molecule has 0 bridgehead atoms. The lowest BCUT2D eigenvalue weighted by molar-refractivity contribution is 0.183. The molecule has 0 radical (unpaired) electrons. The molecule has 0 saturated carbocycles. The van der Waals surface area contributed by atoms with E-state index >= 15 is 0 Å². The summed E-state index contributed by atoms with van der Waals surface area (Å²) in [4.78, 5) is 10.9. The van der Waals surface area contributed by atoms with E-state index in [0.717, 1.165) is 41.8 Å². The maximum Gasteiger partial charge on any atom is 0.240 e. The monoisotopic (exact) mass is 295 g/mol. The van der Waals surface area contributed by atoms with Gasteiger partial charge >= 0.3 is 0 Å². The third-order valence-electron chi connectivity index (χ3n) is 3.01. The molecular formula is C13H21N5OS. The van der Waals surface area contributed by atoms with Gasteiger partial charge in [-0.15, -0.1) is 11.3 Å². The predicted molar refractivity (Wildman–Crippen MR) is 84.0 cm³/mol. The molecule has 2 aromatic heterocycles. The van der Waals surface area contributed by atoms with Gasteiger partial charge < -0.3 is 10.4 Å². The second-order valence-corrected chi connectivity index (χ2v) is 5.86. The summed E-state index contributed by atoms with van der Waals surface area (Å²) < 4.78 is 0. The van der Waals surface area contributed by atoms with E-state index in [9.17, 15) is 5.11 Å². The molecule has 2 heterocycles. The Bertz CT molecular complexity index is 569. The van der Waals surface area contributed by atoms with Crippen molar-refractivity contribution >= 4 is 33.3 Å². The van der Waals surface area contributed by atoms with Crippen LogP contribution in [0.15, 0.2) is 6.07 Å². The van der Waals surface area contributed by atoms with E-state index in [1.807, 2.05) is 0 Å². The number of aryl methyl sites for hydroxylation is 1. The zero-order valence-corrected chi connectivity index (χ0v) is 12.6. The highest BCUT2D eigenvalue weighted by Crippen LogP contribution is 2.30. The van der Waals surface area contributed by atoms with Gasteiger partial charge in [0.2, 0.25) is 5.95 Å². The smallest absolute Gasteiger partial charge is 0.240 e. The van der Waals surface area contributed by atoms with Crippen molar-refractivity contribution in [2.45, 2.75) is 39.2 Å². The first-order chi connectivity index (χ1) is 9.63. The van der Waals surface area contributed by atoms with E-state index in [2.05, 4.69) is 33.7 Å². The van der Waals surface area contributed by atoms with Crippen LogP contribution in [0, 0.1) is 0 Å². The van der Waals surface area contributed by atoms with Gasteiger partial charge in [-0.3, -0.25) is 5.43 Å². The van der Waals surface area contributed by atoms with E-state index in [1.165, 1.54) is 4.88 Å². The van der Waals surface area contributed by atoms with Crippen LogP contribution in [0.25, 0.3) is 10.2 Å². The minimum Gasteiger partial charge on any atom is -0.393 e. The minimum atomic E-state index is -0.267. The Morgan fingerprint density at radius 2 is 2.25 bits per heavy atom. The fourth-order valence-corrected chi connectivity index (χ4v) is 2.92. The van der Waals surface area contributed by atoms with Crippen molar-refractivity contribution in [2.75, 3.05) is 17.3 Å². The van der Waals surface area contributed by atoms with Crippen LogP contribution in [0.1, 0.15) is 31.6 Å². The number of hydrazine groups is 1. The molecule has 1 atom stereocenters. The Morgan fingerprint density at radius 1 is 1.45 bits per heavy atom. The highest BCUT2D eigenvalue weighted by Gasteiger charge is 2.10. The van der Waals surface area contributed by atoms with E-state index in [0.29, 0.717) is 5.95 Å². The molecule has 20 heavy (non-hydrogen) atoms. The van der Waals surface area contributed by atoms with Gasteiger partial charge in [0.1, 0.15) is 10.6 Å². The number of thiophene rings is 1. The lowest BCUT2D eigenvalue weighted by atomic mass is 10.2. The average Bonchev–Trinajstić information content (AvgIpc) is 2.86. The Hall–Kier alpha value is -1.44. The third kappa shape index (κ3) is 3.56. The molecule has 5 N–H and O–H groups in total. The molecule has 110 valence electrons. The lowest BCUT2D eigenvalue weighted by Crippen LogP contribution is -2.13. The molecular weight excluding hydrogens is 274 g/mol. The summed E-state index contributed by atoms with van der Waals surface area (Å²) in [6.07, 6.45) is 2.37. The Labute approximate surface area is 122 Å². The van der Waals surface area contributed by atoms with Crippen molar-refractivity contribution < 1.29 is 5.11 Å². The van der Waals surface area contributed by atoms with Gasteiger partial charge in [0, 0.05) is 11.4 Å². The Kier molecular flexibility index (Phi) is 5.11. The molecule has 0 aliphatic carbocycles. The van der Waals surface area contributed by atoms with Crippen molar-refractivity contribution in [3.05, 3.63) is 10.9 Å². The molecule has 0 aliphatic heterocycles. The molecule has 0 saturated heterocycles. The van der Waals surface area contributed by atoms with Crippen molar-refractivity contribution in [3.8, 4) is 0 Å². The van der Waals surface area contributed by atoms with E-state index < -0.39 is 0 Å². The molecule has 0 fully saturated rings. The van der Waals surface area contributed by atoms with Gasteiger partial charge in [0.15, 0.2) is 0 Å². The maximum absolute atomic E-state index is 9.26. The van der Waals surface area contributed by atoms with Gasteiger partial charge in [-0.25, -0.2) is 10.8 Å². The number of rotatable bonds is 7. The number of nitrogens with one attached hydrogen (secondary N) is 2. The summed E-state index contributed by atoms with van der Waals surface area (Å²) in [5.41, 5.74) is 2.50. The fourth-order valence-electron chi connectivity index (χ4n) is 1.95. The van der Waals surface area contributed by atoms with Crippen LogP contribution in [0.5, 0.6) is 0 Å². The zero-order valence-electron chi connectivity index (χ0n) is 11.8. The zero-order chi connectivity index (χ0) is 14.5. The quantitative estimate of drug-likeness (QED) is 0.355. The van der Waals surface area contributed by atoms with Crippen molar-refractivity contribution in [2.24, 2.45) is 5.84 Å². The first-order valence-electron chi connectivity index (χ1n) is 6.83. The third-order valence-corrected chi connectivity index (χ3v) is 4.19. The number of aliphatic hydroxyl groups is 1. The highest BCUT2D eigenvalue weighted by atomic mass is 32.1. The standard InChI is InChI=1S/C13H21N5OS/c1-3-9-7-10-11(15-6-4-5-8(2)19)16-13(18-14)17-12(10)20-9/h7-8,19H,3-6,14H2,1-2H3,(H2,15,16,17,18). The summed E-state index contributed by atoms with van der Waals surface area (Å²) in [6.45, 7) is 4.68. The number of aromatic nitrogens is 2. The summed E-state index contributed by atoms with van der Waals surface area (Å²) in [5.74, 6) is 6.62. The number of nitrogens with zero attached hydrogens (tertiary/aromatic N) is 2. The lowest BCUT2D eigenvalue weighted by Gasteiger charge is -2.09. The number of aliphatic hydroxyl groups excluding tert-OH is 1. The minimum absolute atomic E-state index is 0.267. The summed E-state index contributed by atoms with van der Waals surface area (Å²) in [6, 6.07) is 2.12. The van der Waals surface area contributed by atoms with Gasteiger partial charge in [-0.05, 0) is 32.3 Å². The number of nitrogens with two attached hydrogens (primary N) is 1. The van der Waals surface area contributed by atoms with Crippen LogP contribution in [-0.4, -0.2) is 27.7 Å². The van der Waals surface area contributed by atoms with E-state index in [-0.39, 0.29) is 6.10 Å². The van der Waals surface area contributed by atoms with Crippen LogP contribution in [0.2, 0.25) is 0 Å². The van der Waals surface area contributed by atoms with E-state index in [4.69, 9.17) is 5.84 Å². The molecule has 2 rings (SSSR count). The van der Waals surface area contributed by atoms with Crippen molar-refractivity contribution in [3.63, 3.8) is 0 Å². The molecule has 0 aliphatic rings. The molecule has 7 heteroatoms. The first-order valence-corrected chi connectivity index (χ1v) is 7.64. The predicted octanol–water partition coefficient (Wildman–Crippen LogP) is 2.11. The van der Waals surface area contributed by atoms with Crippen LogP contribution >= 0.6 is 11.3 Å². The normalized spacial score (nSPS) is 12.6. The summed E-state index contributed by atoms with van der Waals surface area (Å²) in [5, 5.41) is 13.6. The molecule has 6 nitrogen and oxygen atoms in total. The number of fused-ring (bicyclic) bond motifs is 1. The molecule has 0 spiro atoms. The average molecular weight is 295 g/mol. The number of hydrogen-bond acceptors (Lipinski definition) is 7. The molecule has 0 aromatic carbocycles. The highest BCUT2D eigenvalue weighted by molar-refractivity contribution is 7.18.